The smallest absolute Gasteiger partial charge is 0.274 e. The van der Waals surface area contributed by atoms with Crippen molar-refractivity contribution < 1.29 is 9.59 Å². The molecule has 0 bridgehead atoms. The van der Waals surface area contributed by atoms with E-state index < -0.39 is 0 Å². The van der Waals surface area contributed by atoms with Gasteiger partial charge in [-0.3, -0.25) is 14.6 Å². The lowest BCUT2D eigenvalue weighted by molar-refractivity contribution is 0.0949. The van der Waals surface area contributed by atoms with Gasteiger partial charge in [-0.2, -0.15) is 0 Å². The normalized spacial score (nSPS) is 10.5. The van der Waals surface area contributed by atoms with Gasteiger partial charge in [0.05, 0.1) is 0 Å². The van der Waals surface area contributed by atoms with Gasteiger partial charge in [0, 0.05) is 28.5 Å². The van der Waals surface area contributed by atoms with Crippen molar-refractivity contribution in [3.63, 3.8) is 0 Å². The van der Waals surface area contributed by atoms with E-state index in [1.54, 1.807) is 12.1 Å². The van der Waals surface area contributed by atoms with Crippen molar-refractivity contribution in [2.75, 3.05) is 11.9 Å². The number of carbonyl (C=O) groups is 2. The largest absolute Gasteiger partial charge is 0.352 e. The van der Waals surface area contributed by atoms with Crippen molar-refractivity contribution in [2.45, 2.75) is 20.8 Å². The Kier molecular flexibility index (Phi) is 6.09. The Morgan fingerprint density at radius 1 is 1.17 bits per heavy atom. The number of aryl methyl sites for hydroxylation is 1. The van der Waals surface area contributed by atoms with E-state index in [1.807, 2.05) is 32.9 Å². The fourth-order valence-electron chi connectivity index (χ4n) is 2.01. The number of benzene rings is 1. The molecular weight excluding hydrogens is 370 g/mol. The first kappa shape index (κ1) is 18.1. The van der Waals surface area contributed by atoms with E-state index >= 15 is 0 Å². The third kappa shape index (κ3) is 4.89. The molecule has 2 amide bonds. The Labute approximate surface area is 150 Å². The number of nitrogens with one attached hydrogen (secondary N) is 2. The molecule has 2 aromatic rings. The lowest BCUT2D eigenvalue weighted by atomic mass is 10.1. The van der Waals surface area contributed by atoms with Crippen molar-refractivity contribution in [3.05, 3.63) is 57.8 Å². The first-order valence-corrected chi connectivity index (χ1v) is 8.48. The number of pyridine rings is 1. The summed E-state index contributed by atoms with van der Waals surface area (Å²) in [6.45, 7) is 6.57. The van der Waals surface area contributed by atoms with Crippen molar-refractivity contribution in [2.24, 2.45) is 5.92 Å². The predicted octanol–water partition coefficient (Wildman–Crippen LogP) is 3.79. The van der Waals surface area contributed by atoms with Gasteiger partial charge in [0.25, 0.3) is 11.8 Å². The van der Waals surface area contributed by atoms with Gasteiger partial charge in [0.2, 0.25) is 0 Å². The molecule has 0 aliphatic carbocycles. The summed E-state index contributed by atoms with van der Waals surface area (Å²) in [5.74, 6) is -0.200. The monoisotopic (exact) mass is 389 g/mol. The molecule has 0 fully saturated rings. The number of carbonyl (C=O) groups excluding carboxylic acids is 2. The molecule has 5 nitrogen and oxygen atoms in total. The highest BCUT2D eigenvalue weighted by Crippen LogP contribution is 2.20. The van der Waals surface area contributed by atoms with Gasteiger partial charge in [-0.1, -0.05) is 29.8 Å². The van der Waals surface area contributed by atoms with Gasteiger partial charge >= 0.3 is 0 Å². The first-order valence-electron chi connectivity index (χ1n) is 7.68. The van der Waals surface area contributed by atoms with Crippen molar-refractivity contribution in [1.29, 1.82) is 0 Å². The second-order valence-corrected chi connectivity index (χ2v) is 6.81. The molecule has 1 heterocycles. The molecule has 0 aliphatic rings. The maximum Gasteiger partial charge on any atom is 0.274 e. The zero-order valence-electron chi connectivity index (χ0n) is 13.9. The van der Waals surface area contributed by atoms with Crippen LogP contribution in [0.25, 0.3) is 0 Å². The summed E-state index contributed by atoms with van der Waals surface area (Å²) in [5, 5.41) is 5.61. The van der Waals surface area contributed by atoms with Crippen LogP contribution in [0.4, 0.5) is 5.69 Å². The highest BCUT2D eigenvalue weighted by Gasteiger charge is 2.12. The van der Waals surface area contributed by atoms with Gasteiger partial charge in [-0.25, -0.2) is 0 Å². The molecular formula is C18H20BrN3O2. The number of rotatable bonds is 5. The summed E-state index contributed by atoms with van der Waals surface area (Å²) in [5.41, 5.74) is 2.32. The predicted molar refractivity (Wildman–Crippen MR) is 98.2 cm³/mol. The molecule has 2 rings (SSSR count). The Hall–Kier alpha value is -2.21. The van der Waals surface area contributed by atoms with Gasteiger partial charge in [-0.15, -0.1) is 0 Å². The average molecular weight is 390 g/mol. The zero-order chi connectivity index (χ0) is 17.7. The maximum atomic E-state index is 12.3. The number of hydrogen-bond acceptors (Lipinski definition) is 3. The van der Waals surface area contributed by atoms with Crippen LogP contribution in [0.2, 0.25) is 0 Å². The Bertz CT molecular complexity index is 760. The Morgan fingerprint density at radius 2 is 1.92 bits per heavy atom. The lowest BCUT2D eigenvalue weighted by Crippen LogP contribution is -2.27. The van der Waals surface area contributed by atoms with E-state index in [4.69, 9.17) is 0 Å². The summed E-state index contributed by atoms with van der Waals surface area (Å²) in [6, 6.07) is 8.62. The minimum Gasteiger partial charge on any atom is -0.352 e. The van der Waals surface area contributed by atoms with Crippen LogP contribution in [0.3, 0.4) is 0 Å². The number of hydrogen-bond donors (Lipinski definition) is 2. The molecule has 24 heavy (non-hydrogen) atoms. The minimum absolute atomic E-state index is 0.202. The lowest BCUT2D eigenvalue weighted by Gasteiger charge is -2.09. The Morgan fingerprint density at radius 3 is 2.58 bits per heavy atom. The van der Waals surface area contributed by atoms with Crippen LogP contribution in [0.15, 0.2) is 41.0 Å². The van der Waals surface area contributed by atoms with E-state index in [1.165, 1.54) is 12.3 Å². The summed E-state index contributed by atoms with van der Waals surface area (Å²) >= 11 is 3.42. The third-order valence-corrected chi connectivity index (χ3v) is 4.23. The van der Waals surface area contributed by atoms with E-state index in [2.05, 4.69) is 31.5 Å². The molecule has 0 unspecified atom stereocenters. The third-order valence-electron chi connectivity index (χ3n) is 3.34. The second-order valence-electron chi connectivity index (χ2n) is 5.95. The highest BCUT2D eigenvalue weighted by atomic mass is 79.9. The molecule has 0 saturated heterocycles. The minimum atomic E-state index is -0.352. The van der Waals surface area contributed by atoms with Crippen molar-refractivity contribution in [1.82, 2.24) is 10.3 Å². The molecule has 0 spiro atoms. The molecule has 0 saturated carbocycles. The summed E-state index contributed by atoms with van der Waals surface area (Å²) in [4.78, 5) is 28.5. The zero-order valence-corrected chi connectivity index (χ0v) is 15.5. The first-order chi connectivity index (χ1) is 11.4. The van der Waals surface area contributed by atoms with Crippen LogP contribution in [0.1, 0.15) is 40.3 Å². The fraction of sp³-hybridized carbons (Fsp3) is 0.278. The van der Waals surface area contributed by atoms with E-state index in [-0.39, 0.29) is 17.5 Å². The van der Waals surface area contributed by atoms with E-state index in [0.29, 0.717) is 23.7 Å². The quantitative estimate of drug-likeness (QED) is 0.816. The average Bonchev–Trinajstić information content (AvgIpc) is 2.56. The maximum absolute atomic E-state index is 12.3. The highest BCUT2D eigenvalue weighted by molar-refractivity contribution is 9.10. The van der Waals surface area contributed by atoms with Crippen LogP contribution < -0.4 is 10.6 Å². The number of nitrogens with zero attached hydrogens (tertiary/aromatic N) is 1. The van der Waals surface area contributed by atoms with E-state index in [0.717, 1.165) is 10.0 Å². The van der Waals surface area contributed by atoms with Gasteiger partial charge < -0.3 is 10.6 Å². The number of anilines is 1. The summed E-state index contributed by atoms with van der Waals surface area (Å²) < 4.78 is 0.974. The topological polar surface area (TPSA) is 71.1 Å². The van der Waals surface area contributed by atoms with Crippen LogP contribution in [-0.4, -0.2) is 23.3 Å². The molecule has 0 radical (unpaired) electrons. The molecule has 1 aromatic carbocycles. The van der Waals surface area contributed by atoms with Gasteiger partial charge in [0.15, 0.2) is 0 Å². The van der Waals surface area contributed by atoms with Crippen LogP contribution >= 0.6 is 15.9 Å². The van der Waals surface area contributed by atoms with Gasteiger partial charge in [0.1, 0.15) is 5.69 Å². The van der Waals surface area contributed by atoms with Gasteiger partial charge in [-0.05, 0) is 48.7 Å². The van der Waals surface area contributed by atoms with Crippen LogP contribution in [0.5, 0.6) is 0 Å². The van der Waals surface area contributed by atoms with E-state index in [9.17, 15) is 9.59 Å². The SMILES string of the molecule is Cc1cc(NC(=O)c2cc(C(=O)NCC(C)C)ccn2)ccc1Br. The molecule has 6 heteroatoms. The molecule has 2 N–H and O–H groups in total. The fourth-order valence-corrected chi connectivity index (χ4v) is 2.26. The summed E-state index contributed by atoms with van der Waals surface area (Å²) in [7, 11) is 0. The van der Waals surface area contributed by atoms with Crippen molar-refractivity contribution in [3.8, 4) is 0 Å². The standard InChI is InChI=1S/C18H20BrN3O2/c1-11(2)10-21-17(23)13-6-7-20-16(9-13)18(24)22-14-4-5-15(19)12(3)8-14/h4-9,11H,10H2,1-3H3,(H,21,23)(H,22,24). The number of halogens is 1. The number of amides is 2. The van der Waals surface area contributed by atoms with Crippen molar-refractivity contribution >= 4 is 33.4 Å². The molecule has 0 aliphatic heterocycles. The number of aromatic nitrogens is 1. The molecule has 1 aromatic heterocycles. The molecule has 126 valence electrons. The Balaban J connectivity index is 2.11. The second kappa shape index (κ2) is 8.06. The molecule has 0 atom stereocenters. The van der Waals surface area contributed by atoms with Crippen LogP contribution in [-0.2, 0) is 0 Å². The summed E-state index contributed by atoms with van der Waals surface area (Å²) in [6.07, 6.45) is 1.46. The van der Waals surface area contributed by atoms with Crippen LogP contribution in [0, 0.1) is 12.8 Å².